The number of halogens is 2. The fourth-order valence-electron chi connectivity index (χ4n) is 2.19. The van der Waals surface area contributed by atoms with Crippen molar-refractivity contribution in [3.8, 4) is 0 Å². The Morgan fingerprint density at radius 3 is 2.94 bits per heavy atom. The van der Waals surface area contributed by atoms with Crippen LogP contribution in [0.5, 0.6) is 0 Å². The van der Waals surface area contributed by atoms with Gasteiger partial charge >= 0.3 is 0 Å². The van der Waals surface area contributed by atoms with Crippen molar-refractivity contribution in [3.05, 3.63) is 34.1 Å². The van der Waals surface area contributed by atoms with Gasteiger partial charge in [-0.1, -0.05) is 22.9 Å². The maximum Gasteiger partial charge on any atom is 0.240 e. The van der Waals surface area contributed by atoms with E-state index in [2.05, 4.69) is 21.2 Å². The number of nitrogens with one attached hydrogen (secondary N) is 1. The summed E-state index contributed by atoms with van der Waals surface area (Å²) in [7, 11) is 0. The van der Waals surface area contributed by atoms with Gasteiger partial charge in [-0.2, -0.15) is 0 Å². The van der Waals surface area contributed by atoms with Crippen LogP contribution in [-0.4, -0.2) is 29.9 Å². The number of nitrogens with zero attached hydrogens (tertiary/aromatic N) is 1. The van der Waals surface area contributed by atoms with E-state index in [4.69, 9.17) is 0 Å². The largest absolute Gasteiger partial charge is 0.336 e. The number of benzene rings is 1. The Bertz CT molecular complexity index is 432. The lowest BCUT2D eigenvalue weighted by Gasteiger charge is -2.32. The predicted molar refractivity (Wildman–Crippen MR) is 71.6 cm³/mol. The highest BCUT2D eigenvalue weighted by molar-refractivity contribution is 9.10. The van der Waals surface area contributed by atoms with Gasteiger partial charge in [0.25, 0.3) is 0 Å². The van der Waals surface area contributed by atoms with Gasteiger partial charge in [0.1, 0.15) is 5.82 Å². The molecule has 1 aromatic carbocycles. The molecule has 98 valence electrons. The molecule has 0 radical (unpaired) electrons. The van der Waals surface area contributed by atoms with Crippen LogP contribution in [0.15, 0.2) is 22.7 Å². The average Bonchev–Trinajstić information content (AvgIpc) is 2.30. The van der Waals surface area contributed by atoms with Gasteiger partial charge in [0, 0.05) is 24.1 Å². The summed E-state index contributed by atoms with van der Waals surface area (Å²) < 4.78 is 14.0. The molecule has 1 heterocycles. The molecule has 1 aromatic rings. The second-order valence-corrected chi connectivity index (χ2v) is 5.37. The third-order valence-corrected chi connectivity index (χ3v) is 3.54. The van der Waals surface area contributed by atoms with Crippen molar-refractivity contribution < 1.29 is 9.18 Å². The summed E-state index contributed by atoms with van der Waals surface area (Å²) in [5.41, 5.74) is 0.812. The molecular formula is C13H16BrFN2O. The van der Waals surface area contributed by atoms with Crippen molar-refractivity contribution in [3.63, 3.8) is 0 Å². The maximum atomic E-state index is 13.3. The Balaban J connectivity index is 2.10. The molecule has 3 nitrogen and oxygen atoms in total. The lowest BCUT2D eigenvalue weighted by molar-refractivity contribution is -0.136. The summed E-state index contributed by atoms with van der Waals surface area (Å²) in [5, 5.41) is 3.18. The number of carbonyl (C=O) groups is 1. The molecule has 0 saturated carbocycles. The molecule has 1 aliphatic rings. The van der Waals surface area contributed by atoms with Gasteiger partial charge in [0.15, 0.2) is 0 Å². The topological polar surface area (TPSA) is 32.3 Å². The van der Waals surface area contributed by atoms with E-state index in [0.29, 0.717) is 17.6 Å². The quantitative estimate of drug-likeness (QED) is 0.928. The molecule has 1 N–H and O–H groups in total. The van der Waals surface area contributed by atoms with Gasteiger partial charge in [0.05, 0.1) is 6.04 Å². The summed E-state index contributed by atoms with van der Waals surface area (Å²) in [5.74, 6) is -0.182. The van der Waals surface area contributed by atoms with Gasteiger partial charge in [-0.3, -0.25) is 4.79 Å². The second kappa shape index (κ2) is 5.80. The Kier molecular flexibility index (Phi) is 4.35. The van der Waals surface area contributed by atoms with Crippen molar-refractivity contribution >= 4 is 21.8 Å². The number of rotatable bonds is 3. The van der Waals surface area contributed by atoms with Gasteiger partial charge < -0.3 is 10.2 Å². The number of amides is 1. The number of carbonyl (C=O) groups excluding carboxylic acids is 1. The van der Waals surface area contributed by atoms with E-state index in [9.17, 15) is 9.18 Å². The smallest absolute Gasteiger partial charge is 0.240 e. The van der Waals surface area contributed by atoms with E-state index in [1.807, 2.05) is 13.0 Å². The normalized spacial score (nSPS) is 20.3. The predicted octanol–water partition coefficient (Wildman–Crippen LogP) is 2.30. The van der Waals surface area contributed by atoms with Crippen molar-refractivity contribution in [2.45, 2.75) is 25.9 Å². The zero-order valence-electron chi connectivity index (χ0n) is 10.2. The first-order chi connectivity index (χ1) is 8.60. The molecule has 5 heteroatoms. The van der Waals surface area contributed by atoms with Gasteiger partial charge in [-0.15, -0.1) is 0 Å². The molecule has 0 spiro atoms. The number of hydrogen-bond donors (Lipinski definition) is 1. The molecule has 2 rings (SSSR count). The monoisotopic (exact) mass is 314 g/mol. The van der Waals surface area contributed by atoms with Crippen LogP contribution in [0.4, 0.5) is 4.39 Å². The SMILES string of the molecule is CCC1NCCN(Cc2cc(F)cc(Br)c2)C1=O. The third kappa shape index (κ3) is 3.09. The summed E-state index contributed by atoms with van der Waals surface area (Å²) >= 11 is 3.26. The van der Waals surface area contributed by atoms with E-state index in [1.54, 1.807) is 4.90 Å². The maximum absolute atomic E-state index is 13.3. The first-order valence-corrected chi connectivity index (χ1v) is 6.86. The highest BCUT2D eigenvalue weighted by Gasteiger charge is 2.26. The summed E-state index contributed by atoms with van der Waals surface area (Å²) in [6.45, 7) is 3.91. The molecule has 1 unspecified atom stereocenters. The Labute approximate surface area is 114 Å². The zero-order valence-corrected chi connectivity index (χ0v) is 11.8. The average molecular weight is 315 g/mol. The molecular weight excluding hydrogens is 299 g/mol. The van der Waals surface area contributed by atoms with Crippen LogP contribution in [0.2, 0.25) is 0 Å². The molecule has 18 heavy (non-hydrogen) atoms. The van der Waals surface area contributed by atoms with Crippen LogP contribution in [0.1, 0.15) is 18.9 Å². The van der Waals surface area contributed by atoms with Crippen molar-refractivity contribution in [2.75, 3.05) is 13.1 Å². The van der Waals surface area contributed by atoms with E-state index >= 15 is 0 Å². The minimum atomic E-state index is -0.283. The van der Waals surface area contributed by atoms with Crippen LogP contribution in [0.25, 0.3) is 0 Å². The molecule has 0 bridgehead atoms. The van der Waals surface area contributed by atoms with Crippen LogP contribution in [-0.2, 0) is 11.3 Å². The summed E-state index contributed by atoms with van der Waals surface area (Å²) in [6.07, 6.45) is 0.780. The van der Waals surface area contributed by atoms with E-state index in [-0.39, 0.29) is 17.8 Å². The first kappa shape index (κ1) is 13.5. The van der Waals surface area contributed by atoms with Crippen molar-refractivity contribution in [2.24, 2.45) is 0 Å². The lowest BCUT2D eigenvalue weighted by atomic mass is 10.1. The van der Waals surface area contributed by atoms with Crippen LogP contribution in [0.3, 0.4) is 0 Å². The number of piperazine rings is 1. The fraction of sp³-hybridized carbons (Fsp3) is 0.462. The highest BCUT2D eigenvalue weighted by atomic mass is 79.9. The molecule has 0 aromatic heterocycles. The Hall–Kier alpha value is -0.940. The summed E-state index contributed by atoms with van der Waals surface area (Å²) in [6, 6.07) is 4.63. The molecule has 1 saturated heterocycles. The van der Waals surface area contributed by atoms with Crippen LogP contribution >= 0.6 is 15.9 Å². The van der Waals surface area contributed by atoms with Crippen LogP contribution < -0.4 is 5.32 Å². The molecule has 1 fully saturated rings. The van der Waals surface area contributed by atoms with Gasteiger partial charge in [-0.25, -0.2) is 4.39 Å². The lowest BCUT2D eigenvalue weighted by Crippen LogP contribution is -2.54. The molecule has 1 aliphatic heterocycles. The zero-order chi connectivity index (χ0) is 13.1. The molecule has 0 aliphatic carbocycles. The van der Waals surface area contributed by atoms with E-state index in [0.717, 1.165) is 18.5 Å². The minimum absolute atomic E-state index is 0.101. The van der Waals surface area contributed by atoms with E-state index < -0.39 is 0 Å². The first-order valence-electron chi connectivity index (χ1n) is 6.07. The third-order valence-electron chi connectivity index (χ3n) is 3.09. The highest BCUT2D eigenvalue weighted by Crippen LogP contribution is 2.17. The molecule has 1 amide bonds. The minimum Gasteiger partial charge on any atom is -0.336 e. The van der Waals surface area contributed by atoms with E-state index in [1.165, 1.54) is 12.1 Å². The van der Waals surface area contributed by atoms with Gasteiger partial charge in [0.2, 0.25) is 5.91 Å². The van der Waals surface area contributed by atoms with Gasteiger partial charge in [-0.05, 0) is 30.2 Å². The standard InChI is InChI=1S/C13H16BrFN2O/c1-2-12-13(18)17(4-3-16-12)8-9-5-10(14)7-11(15)6-9/h5-7,12,16H,2-4,8H2,1H3. The number of hydrogen-bond acceptors (Lipinski definition) is 2. The second-order valence-electron chi connectivity index (χ2n) is 4.45. The Morgan fingerprint density at radius 1 is 1.50 bits per heavy atom. The van der Waals surface area contributed by atoms with Crippen LogP contribution in [0, 0.1) is 5.82 Å². The fourth-order valence-corrected chi connectivity index (χ4v) is 2.70. The molecule has 1 atom stereocenters. The van der Waals surface area contributed by atoms with Crippen molar-refractivity contribution in [1.29, 1.82) is 0 Å². The van der Waals surface area contributed by atoms with Crippen molar-refractivity contribution in [1.82, 2.24) is 10.2 Å². The Morgan fingerprint density at radius 2 is 2.28 bits per heavy atom. The summed E-state index contributed by atoms with van der Waals surface area (Å²) in [4.78, 5) is 13.9.